The first-order chi connectivity index (χ1) is 5.24. The summed E-state index contributed by atoms with van der Waals surface area (Å²) in [7, 11) is 0. The summed E-state index contributed by atoms with van der Waals surface area (Å²) in [5.41, 5.74) is 0.698. The van der Waals surface area contributed by atoms with Crippen LogP contribution in [-0.2, 0) is 0 Å². The molecule has 0 saturated carbocycles. The highest BCUT2D eigenvalue weighted by atomic mass is 79.9. The van der Waals surface area contributed by atoms with Crippen LogP contribution in [0.25, 0.3) is 12.7 Å². The predicted octanol–water partition coefficient (Wildman–Crippen LogP) is 1.77. The van der Waals surface area contributed by atoms with E-state index in [9.17, 15) is 0 Å². The van der Waals surface area contributed by atoms with E-state index in [2.05, 4.69) is 22.5 Å². The van der Waals surface area contributed by atoms with Crippen molar-refractivity contribution < 1.29 is 4.42 Å². The molecule has 0 aliphatic rings. The molecular weight excluding hydrogens is 204 g/mol. The van der Waals surface area contributed by atoms with Gasteiger partial charge in [-0.2, -0.15) is 0 Å². The van der Waals surface area contributed by atoms with E-state index in [1.54, 1.807) is 6.26 Å². The van der Waals surface area contributed by atoms with Crippen LogP contribution in [0.2, 0.25) is 0 Å². The highest BCUT2D eigenvalue weighted by Gasteiger charge is 1.85. The third kappa shape index (κ3) is 2.09. The molecule has 0 saturated heterocycles. The van der Waals surface area contributed by atoms with Crippen molar-refractivity contribution in [3.05, 3.63) is 33.5 Å². The zero-order chi connectivity index (χ0) is 8.27. The molecule has 0 radical (unpaired) electrons. The summed E-state index contributed by atoms with van der Waals surface area (Å²) in [4.78, 5) is 0. The summed E-state index contributed by atoms with van der Waals surface area (Å²) >= 11 is 3.37. The molecular formula is C9H9BrO. The second-order valence-electron chi connectivity index (χ2n) is 2.12. The van der Waals surface area contributed by atoms with Crippen molar-refractivity contribution in [2.24, 2.45) is 0 Å². The third-order valence-electron chi connectivity index (χ3n) is 1.35. The van der Waals surface area contributed by atoms with E-state index < -0.39 is 0 Å². The highest BCUT2D eigenvalue weighted by Crippen LogP contribution is 2.03. The van der Waals surface area contributed by atoms with Crippen molar-refractivity contribution in [2.75, 3.05) is 0 Å². The Hall–Kier alpha value is -0.760. The summed E-state index contributed by atoms with van der Waals surface area (Å²) in [5.74, 6) is 0. The normalized spacial score (nSPS) is 14.0. The molecule has 0 spiro atoms. The highest BCUT2D eigenvalue weighted by molar-refractivity contribution is 9.12. The molecule has 58 valence electrons. The summed E-state index contributed by atoms with van der Waals surface area (Å²) in [5, 5.41) is 1.01. The van der Waals surface area contributed by atoms with Crippen LogP contribution in [-0.4, -0.2) is 0 Å². The van der Waals surface area contributed by atoms with Crippen molar-refractivity contribution in [2.45, 2.75) is 6.92 Å². The fourth-order valence-electron chi connectivity index (χ4n) is 0.711. The minimum atomic E-state index is 0.698. The third-order valence-corrected chi connectivity index (χ3v) is 2.04. The molecule has 0 atom stereocenters. The lowest BCUT2D eigenvalue weighted by molar-refractivity contribution is 0.533. The van der Waals surface area contributed by atoms with Gasteiger partial charge < -0.3 is 4.42 Å². The van der Waals surface area contributed by atoms with Crippen LogP contribution in [0.4, 0.5) is 0 Å². The molecule has 2 heteroatoms. The van der Waals surface area contributed by atoms with E-state index >= 15 is 0 Å². The zero-order valence-corrected chi connectivity index (χ0v) is 7.89. The van der Waals surface area contributed by atoms with Crippen LogP contribution in [0.3, 0.4) is 0 Å². The number of hydrogen-bond donors (Lipinski definition) is 0. The first-order valence-corrected chi connectivity index (χ1v) is 4.09. The van der Waals surface area contributed by atoms with Crippen LogP contribution in [0.15, 0.2) is 27.3 Å². The Morgan fingerprint density at radius 3 is 2.91 bits per heavy atom. The van der Waals surface area contributed by atoms with Crippen molar-refractivity contribution in [3.63, 3.8) is 0 Å². The first kappa shape index (κ1) is 8.34. The van der Waals surface area contributed by atoms with E-state index in [-0.39, 0.29) is 0 Å². The van der Waals surface area contributed by atoms with Gasteiger partial charge in [0.05, 0.1) is 6.26 Å². The molecule has 0 N–H and O–H groups in total. The predicted molar refractivity (Wildman–Crippen MR) is 50.6 cm³/mol. The molecule has 11 heavy (non-hydrogen) atoms. The maximum Gasteiger partial charge on any atom is 0.126 e. The maximum absolute atomic E-state index is 5.02. The lowest BCUT2D eigenvalue weighted by atomic mass is 10.4. The molecule has 1 heterocycles. The van der Waals surface area contributed by atoms with Crippen LogP contribution >= 0.6 is 15.9 Å². The van der Waals surface area contributed by atoms with E-state index in [1.165, 1.54) is 0 Å². The lowest BCUT2D eigenvalue weighted by Crippen LogP contribution is -2.16. The standard InChI is InChI=1S/C9H9BrO/c1-3-9(10)6-8-4-5-11-7(8)2/h3-6H,2H2,1H3/b8-6-,9-3+. The number of halogens is 1. The smallest absolute Gasteiger partial charge is 0.126 e. The zero-order valence-electron chi connectivity index (χ0n) is 6.30. The Kier molecular flexibility index (Phi) is 2.71. The second-order valence-corrected chi connectivity index (χ2v) is 3.03. The average Bonchev–Trinajstić information content (AvgIpc) is 2.37. The Labute approximate surface area is 73.8 Å². The van der Waals surface area contributed by atoms with Crippen molar-refractivity contribution in [3.8, 4) is 0 Å². The van der Waals surface area contributed by atoms with Gasteiger partial charge in [0.2, 0.25) is 0 Å². The van der Waals surface area contributed by atoms with E-state index in [0.717, 1.165) is 9.70 Å². The van der Waals surface area contributed by atoms with Crippen molar-refractivity contribution >= 4 is 28.6 Å². The minimum absolute atomic E-state index is 0.698. The van der Waals surface area contributed by atoms with Gasteiger partial charge >= 0.3 is 0 Å². The largest absolute Gasteiger partial charge is 0.465 e. The van der Waals surface area contributed by atoms with Gasteiger partial charge in [-0.15, -0.1) is 0 Å². The molecule has 0 unspecified atom stereocenters. The second kappa shape index (κ2) is 3.58. The molecule has 0 aromatic carbocycles. The van der Waals surface area contributed by atoms with Gasteiger partial charge in [-0.25, -0.2) is 0 Å². The molecule has 1 rings (SSSR count). The van der Waals surface area contributed by atoms with Crippen molar-refractivity contribution in [1.82, 2.24) is 0 Å². The SMILES string of the molecule is C=c1occ/c1=C/C(Br)=C\C. The molecule has 0 aliphatic heterocycles. The van der Waals surface area contributed by atoms with E-state index in [0.29, 0.717) is 5.42 Å². The summed E-state index contributed by atoms with van der Waals surface area (Å²) in [6.45, 7) is 5.68. The summed E-state index contributed by atoms with van der Waals surface area (Å²) in [6, 6.07) is 1.88. The Morgan fingerprint density at radius 1 is 1.73 bits per heavy atom. The summed E-state index contributed by atoms with van der Waals surface area (Å²) < 4.78 is 6.05. The van der Waals surface area contributed by atoms with Gasteiger partial charge in [0.25, 0.3) is 0 Å². The summed E-state index contributed by atoms with van der Waals surface area (Å²) in [6.07, 6.45) is 5.56. The van der Waals surface area contributed by atoms with Gasteiger partial charge in [-0.3, -0.25) is 0 Å². The van der Waals surface area contributed by atoms with Crippen LogP contribution < -0.4 is 10.6 Å². The quantitative estimate of drug-likeness (QED) is 0.692. The van der Waals surface area contributed by atoms with Crippen LogP contribution in [0.1, 0.15) is 6.92 Å². The van der Waals surface area contributed by atoms with Gasteiger partial charge in [0.15, 0.2) is 0 Å². The molecule has 1 nitrogen and oxygen atoms in total. The fourth-order valence-corrected chi connectivity index (χ4v) is 0.958. The Bertz CT molecular complexity index is 359. The average molecular weight is 213 g/mol. The number of furan rings is 1. The van der Waals surface area contributed by atoms with Gasteiger partial charge in [0, 0.05) is 9.70 Å². The molecule has 0 aliphatic carbocycles. The molecule has 0 amide bonds. The molecule has 1 aromatic heterocycles. The van der Waals surface area contributed by atoms with E-state index in [4.69, 9.17) is 4.42 Å². The van der Waals surface area contributed by atoms with Gasteiger partial charge in [0.1, 0.15) is 5.42 Å². The minimum Gasteiger partial charge on any atom is -0.465 e. The fraction of sp³-hybridized carbons (Fsp3) is 0.111. The molecule has 0 bridgehead atoms. The van der Waals surface area contributed by atoms with E-state index in [1.807, 2.05) is 25.1 Å². The lowest BCUT2D eigenvalue weighted by Gasteiger charge is -1.81. The monoisotopic (exact) mass is 212 g/mol. The van der Waals surface area contributed by atoms with Crippen molar-refractivity contribution in [1.29, 1.82) is 0 Å². The molecule has 0 fully saturated rings. The Balaban J connectivity index is 3.21. The number of allylic oxidation sites excluding steroid dienone is 2. The first-order valence-electron chi connectivity index (χ1n) is 3.30. The number of rotatable bonds is 1. The van der Waals surface area contributed by atoms with Crippen LogP contribution in [0.5, 0.6) is 0 Å². The van der Waals surface area contributed by atoms with Crippen LogP contribution in [0, 0.1) is 0 Å². The van der Waals surface area contributed by atoms with Gasteiger partial charge in [-0.1, -0.05) is 28.6 Å². The Morgan fingerprint density at radius 2 is 2.45 bits per heavy atom. The van der Waals surface area contributed by atoms with Gasteiger partial charge in [-0.05, 0) is 19.1 Å². The number of hydrogen-bond acceptors (Lipinski definition) is 1. The maximum atomic E-state index is 5.02. The molecule has 1 aromatic rings. The topological polar surface area (TPSA) is 13.1 Å².